The molecule has 1 N–H and O–H groups in total. The second-order valence-electron chi connectivity index (χ2n) is 3.79. The normalized spacial score (nSPS) is 12.7. The van der Waals surface area contributed by atoms with Crippen molar-refractivity contribution in [1.82, 2.24) is 0 Å². The van der Waals surface area contributed by atoms with Crippen LogP contribution < -0.4 is 5.32 Å². The van der Waals surface area contributed by atoms with Gasteiger partial charge in [-0.25, -0.2) is 4.79 Å². The van der Waals surface area contributed by atoms with Gasteiger partial charge in [0, 0.05) is 5.69 Å². The summed E-state index contributed by atoms with van der Waals surface area (Å²) in [7, 11) is 1.20. The number of Topliss-reactive ketones (excluding diaryl/α,β-unsaturated/α-hetero) is 1. The van der Waals surface area contributed by atoms with E-state index in [-0.39, 0.29) is 11.3 Å². The second-order valence-corrected chi connectivity index (χ2v) is 4.35. The predicted octanol–water partition coefficient (Wildman–Crippen LogP) is 2.78. The standard InChI is InChI=1S/C12H11BrF3NO3/c1-20-11(19)7-2-4-8(5-3-7)17-10(9(18)6-13)12(14,15)16/h2-5,10,17H,6H2,1H3. The molecule has 8 heteroatoms. The summed E-state index contributed by atoms with van der Waals surface area (Å²) >= 11 is 2.71. The van der Waals surface area contributed by atoms with Crippen LogP contribution in [0, 0.1) is 0 Å². The summed E-state index contributed by atoms with van der Waals surface area (Å²) in [5, 5.41) is 1.68. The molecule has 0 aliphatic rings. The van der Waals surface area contributed by atoms with Crippen molar-refractivity contribution in [2.24, 2.45) is 0 Å². The number of carbonyl (C=O) groups is 2. The number of esters is 1. The molecule has 0 saturated carbocycles. The molecule has 20 heavy (non-hydrogen) atoms. The number of ether oxygens (including phenoxy) is 1. The van der Waals surface area contributed by atoms with Crippen LogP contribution in [0.25, 0.3) is 0 Å². The molecular formula is C12H11BrF3NO3. The van der Waals surface area contributed by atoms with Gasteiger partial charge in [-0.15, -0.1) is 0 Å². The molecule has 0 saturated heterocycles. The minimum Gasteiger partial charge on any atom is -0.465 e. The van der Waals surface area contributed by atoms with E-state index < -0.39 is 29.3 Å². The maximum atomic E-state index is 12.7. The minimum atomic E-state index is -4.70. The molecule has 0 amide bonds. The topological polar surface area (TPSA) is 55.4 Å². The summed E-state index contributed by atoms with van der Waals surface area (Å²) in [6, 6.07) is 2.85. The van der Waals surface area contributed by atoms with E-state index in [2.05, 4.69) is 26.0 Å². The summed E-state index contributed by atoms with van der Waals surface area (Å²) in [5.74, 6) is -1.63. The van der Waals surface area contributed by atoms with Gasteiger partial charge in [0.05, 0.1) is 18.0 Å². The predicted molar refractivity (Wildman–Crippen MR) is 70.0 cm³/mol. The molecule has 110 valence electrons. The van der Waals surface area contributed by atoms with Crippen LogP contribution in [0.1, 0.15) is 10.4 Å². The van der Waals surface area contributed by atoms with Crippen molar-refractivity contribution in [3.63, 3.8) is 0 Å². The Bertz CT molecular complexity index is 488. The summed E-state index contributed by atoms with van der Waals surface area (Å²) < 4.78 is 42.6. The molecule has 1 unspecified atom stereocenters. The van der Waals surface area contributed by atoms with E-state index in [0.717, 1.165) is 0 Å². The average molecular weight is 354 g/mol. The number of alkyl halides is 4. The second kappa shape index (κ2) is 6.74. The van der Waals surface area contributed by atoms with Crippen LogP contribution in [0.15, 0.2) is 24.3 Å². The zero-order valence-electron chi connectivity index (χ0n) is 10.3. The molecule has 0 heterocycles. The van der Waals surface area contributed by atoms with Gasteiger partial charge >= 0.3 is 12.1 Å². The summed E-state index contributed by atoms with van der Waals surface area (Å²) in [4.78, 5) is 22.5. The maximum absolute atomic E-state index is 12.7. The number of benzene rings is 1. The van der Waals surface area contributed by atoms with Gasteiger partial charge in [-0.2, -0.15) is 13.2 Å². The van der Waals surface area contributed by atoms with Gasteiger partial charge in [-0.05, 0) is 24.3 Å². The Balaban J connectivity index is 2.90. The molecule has 0 aliphatic heterocycles. The highest BCUT2D eigenvalue weighted by Gasteiger charge is 2.44. The van der Waals surface area contributed by atoms with Crippen LogP contribution in [-0.2, 0) is 9.53 Å². The van der Waals surface area contributed by atoms with E-state index in [4.69, 9.17) is 0 Å². The first-order valence-electron chi connectivity index (χ1n) is 5.40. The van der Waals surface area contributed by atoms with E-state index in [1.165, 1.54) is 31.4 Å². The average Bonchev–Trinajstić information content (AvgIpc) is 2.42. The van der Waals surface area contributed by atoms with Crippen molar-refractivity contribution < 1.29 is 27.5 Å². The van der Waals surface area contributed by atoms with Crippen molar-refractivity contribution in [2.45, 2.75) is 12.2 Å². The third kappa shape index (κ3) is 4.22. The molecule has 0 fully saturated rings. The van der Waals surface area contributed by atoms with E-state index in [1.54, 1.807) is 0 Å². The Morgan fingerprint density at radius 3 is 2.25 bits per heavy atom. The molecule has 1 atom stereocenters. The van der Waals surface area contributed by atoms with E-state index in [0.29, 0.717) is 0 Å². The van der Waals surface area contributed by atoms with Crippen molar-refractivity contribution in [3.05, 3.63) is 29.8 Å². The third-order valence-electron chi connectivity index (χ3n) is 2.40. The smallest absolute Gasteiger partial charge is 0.415 e. The number of halogens is 4. The van der Waals surface area contributed by atoms with Crippen LogP contribution in [0.4, 0.5) is 18.9 Å². The summed E-state index contributed by atoms with van der Waals surface area (Å²) in [6.45, 7) is 0. The Labute approximate surface area is 121 Å². The molecule has 0 radical (unpaired) electrons. The Kier molecular flexibility index (Phi) is 5.55. The number of rotatable bonds is 5. The molecule has 1 rings (SSSR count). The zero-order valence-corrected chi connectivity index (χ0v) is 11.9. The zero-order chi connectivity index (χ0) is 15.3. The Hall–Kier alpha value is -1.57. The molecule has 1 aromatic carbocycles. The van der Waals surface area contributed by atoms with Crippen molar-refractivity contribution >= 4 is 33.4 Å². The van der Waals surface area contributed by atoms with Gasteiger partial charge in [-0.3, -0.25) is 4.79 Å². The molecule has 0 spiro atoms. The lowest BCUT2D eigenvalue weighted by molar-refractivity contribution is -0.156. The first kappa shape index (κ1) is 16.5. The van der Waals surface area contributed by atoms with Crippen LogP contribution in [0.2, 0.25) is 0 Å². The van der Waals surface area contributed by atoms with E-state index >= 15 is 0 Å². The molecule has 4 nitrogen and oxygen atoms in total. The number of hydrogen-bond donors (Lipinski definition) is 1. The van der Waals surface area contributed by atoms with Crippen LogP contribution in [0.5, 0.6) is 0 Å². The Morgan fingerprint density at radius 2 is 1.85 bits per heavy atom. The third-order valence-corrected chi connectivity index (χ3v) is 2.95. The number of hydrogen-bond acceptors (Lipinski definition) is 4. The largest absolute Gasteiger partial charge is 0.465 e. The SMILES string of the molecule is COC(=O)c1ccc(NC(C(=O)CBr)C(F)(F)F)cc1. The molecule has 0 bridgehead atoms. The highest BCUT2D eigenvalue weighted by atomic mass is 79.9. The van der Waals surface area contributed by atoms with Gasteiger partial charge in [0.2, 0.25) is 0 Å². The molecular weight excluding hydrogens is 343 g/mol. The van der Waals surface area contributed by atoms with Crippen molar-refractivity contribution in [3.8, 4) is 0 Å². The summed E-state index contributed by atoms with van der Waals surface area (Å²) in [6.07, 6.45) is -4.70. The van der Waals surface area contributed by atoms with Crippen LogP contribution >= 0.6 is 15.9 Å². The monoisotopic (exact) mass is 353 g/mol. The number of methoxy groups -OCH3 is 1. The van der Waals surface area contributed by atoms with Crippen LogP contribution in [0.3, 0.4) is 0 Å². The fourth-order valence-electron chi connectivity index (χ4n) is 1.41. The quantitative estimate of drug-likeness (QED) is 0.653. The number of carbonyl (C=O) groups excluding carboxylic acids is 2. The first-order chi connectivity index (χ1) is 9.29. The lowest BCUT2D eigenvalue weighted by atomic mass is 10.1. The highest BCUT2D eigenvalue weighted by Crippen LogP contribution is 2.25. The lowest BCUT2D eigenvalue weighted by Crippen LogP contribution is -2.43. The van der Waals surface area contributed by atoms with Gasteiger partial charge in [-0.1, -0.05) is 15.9 Å². The number of anilines is 1. The lowest BCUT2D eigenvalue weighted by Gasteiger charge is -2.20. The van der Waals surface area contributed by atoms with Crippen molar-refractivity contribution in [1.29, 1.82) is 0 Å². The summed E-state index contributed by atoms with van der Waals surface area (Å²) in [5.41, 5.74) is 0.280. The first-order valence-corrected chi connectivity index (χ1v) is 6.52. The molecule has 0 aromatic heterocycles. The van der Waals surface area contributed by atoms with E-state index in [9.17, 15) is 22.8 Å². The number of nitrogens with one attached hydrogen (secondary N) is 1. The highest BCUT2D eigenvalue weighted by molar-refractivity contribution is 9.09. The van der Waals surface area contributed by atoms with Gasteiger partial charge in [0.15, 0.2) is 11.8 Å². The maximum Gasteiger partial charge on any atom is 0.415 e. The van der Waals surface area contributed by atoms with Gasteiger partial charge < -0.3 is 10.1 Å². The fourth-order valence-corrected chi connectivity index (χ4v) is 1.73. The number of ketones is 1. The van der Waals surface area contributed by atoms with Gasteiger partial charge in [0.25, 0.3) is 0 Å². The Morgan fingerprint density at radius 1 is 1.30 bits per heavy atom. The minimum absolute atomic E-state index is 0.0780. The van der Waals surface area contributed by atoms with Crippen LogP contribution in [-0.4, -0.2) is 36.4 Å². The molecule has 0 aliphatic carbocycles. The van der Waals surface area contributed by atoms with Gasteiger partial charge in [0.1, 0.15) is 0 Å². The van der Waals surface area contributed by atoms with E-state index in [1.807, 2.05) is 0 Å². The fraction of sp³-hybridized carbons (Fsp3) is 0.333. The molecule has 1 aromatic rings. The van der Waals surface area contributed by atoms with Crippen molar-refractivity contribution in [2.75, 3.05) is 17.8 Å².